The van der Waals surface area contributed by atoms with Crippen molar-refractivity contribution in [3.63, 3.8) is 0 Å². The van der Waals surface area contributed by atoms with E-state index in [9.17, 15) is 5.11 Å². The Morgan fingerprint density at radius 2 is 2.12 bits per heavy atom. The first kappa shape index (κ1) is 11.4. The molecule has 2 N–H and O–H groups in total. The van der Waals surface area contributed by atoms with Crippen LogP contribution >= 0.6 is 0 Å². The molecule has 3 nitrogen and oxygen atoms in total. The van der Waals surface area contributed by atoms with Gasteiger partial charge in [-0.25, -0.2) is 0 Å². The standard InChI is InChI=1S/C13H19NO2/c1-16-13(7-4-8-13)10-14-9-11-5-2-3-6-12(11)15/h2-3,5-6,14-15H,4,7-10H2,1H3. The highest BCUT2D eigenvalue weighted by Crippen LogP contribution is 2.34. The number of aromatic hydroxyl groups is 1. The van der Waals surface area contributed by atoms with Crippen LogP contribution in [0.4, 0.5) is 0 Å². The maximum absolute atomic E-state index is 9.60. The predicted molar refractivity (Wildman–Crippen MR) is 63.4 cm³/mol. The predicted octanol–water partition coefficient (Wildman–Crippen LogP) is 2.05. The van der Waals surface area contributed by atoms with Crippen LogP contribution in [-0.4, -0.2) is 24.4 Å². The molecule has 0 amide bonds. The van der Waals surface area contributed by atoms with Gasteiger partial charge in [-0.1, -0.05) is 18.2 Å². The number of methoxy groups -OCH3 is 1. The monoisotopic (exact) mass is 221 g/mol. The van der Waals surface area contributed by atoms with Crippen LogP contribution in [0.1, 0.15) is 24.8 Å². The number of hydrogen-bond donors (Lipinski definition) is 2. The van der Waals surface area contributed by atoms with Gasteiger partial charge in [-0.2, -0.15) is 0 Å². The maximum Gasteiger partial charge on any atom is 0.120 e. The third-order valence-electron chi connectivity index (χ3n) is 3.45. The summed E-state index contributed by atoms with van der Waals surface area (Å²) in [5.41, 5.74) is 0.984. The number of hydrogen-bond acceptors (Lipinski definition) is 3. The average molecular weight is 221 g/mol. The van der Waals surface area contributed by atoms with E-state index < -0.39 is 0 Å². The molecule has 0 spiro atoms. The van der Waals surface area contributed by atoms with Gasteiger partial charge in [0.25, 0.3) is 0 Å². The fraction of sp³-hybridized carbons (Fsp3) is 0.538. The van der Waals surface area contributed by atoms with Crippen molar-refractivity contribution in [1.29, 1.82) is 0 Å². The minimum Gasteiger partial charge on any atom is -0.508 e. The second-order valence-corrected chi connectivity index (χ2v) is 4.47. The van der Waals surface area contributed by atoms with Gasteiger partial charge in [0.1, 0.15) is 5.75 Å². The quantitative estimate of drug-likeness (QED) is 0.799. The van der Waals surface area contributed by atoms with Crippen molar-refractivity contribution in [1.82, 2.24) is 5.32 Å². The van der Waals surface area contributed by atoms with E-state index in [4.69, 9.17) is 4.74 Å². The van der Waals surface area contributed by atoms with E-state index in [0.29, 0.717) is 12.3 Å². The van der Waals surface area contributed by atoms with Gasteiger partial charge in [0, 0.05) is 25.8 Å². The molecular formula is C13H19NO2. The Morgan fingerprint density at radius 3 is 2.69 bits per heavy atom. The summed E-state index contributed by atoms with van der Waals surface area (Å²) in [6.45, 7) is 1.55. The van der Waals surface area contributed by atoms with E-state index in [0.717, 1.165) is 24.9 Å². The molecule has 1 aromatic carbocycles. The molecule has 1 aliphatic rings. The van der Waals surface area contributed by atoms with Crippen molar-refractivity contribution in [2.75, 3.05) is 13.7 Å². The van der Waals surface area contributed by atoms with Gasteiger partial charge in [-0.3, -0.25) is 0 Å². The van der Waals surface area contributed by atoms with Crippen LogP contribution in [0, 0.1) is 0 Å². The van der Waals surface area contributed by atoms with Crippen molar-refractivity contribution in [2.45, 2.75) is 31.4 Å². The maximum atomic E-state index is 9.60. The van der Waals surface area contributed by atoms with Gasteiger partial charge in [0.15, 0.2) is 0 Å². The minimum atomic E-state index is 0.0460. The summed E-state index contributed by atoms with van der Waals surface area (Å²) in [5.74, 6) is 0.357. The fourth-order valence-corrected chi connectivity index (χ4v) is 2.11. The third-order valence-corrected chi connectivity index (χ3v) is 3.45. The Balaban J connectivity index is 1.82. The zero-order valence-electron chi connectivity index (χ0n) is 9.70. The molecule has 0 aromatic heterocycles. The highest BCUT2D eigenvalue weighted by Gasteiger charge is 2.36. The molecule has 0 radical (unpaired) electrons. The molecule has 0 atom stereocenters. The van der Waals surface area contributed by atoms with E-state index in [1.54, 1.807) is 13.2 Å². The number of phenols is 1. The Labute approximate surface area is 96.4 Å². The molecule has 0 unspecified atom stereocenters. The largest absolute Gasteiger partial charge is 0.508 e. The average Bonchev–Trinajstić information content (AvgIpc) is 2.25. The number of para-hydroxylation sites is 1. The number of ether oxygens (including phenoxy) is 1. The highest BCUT2D eigenvalue weighted by molar-refractivity contribution is 5.31. The zero-order chi connectivity index (χ0) is 11.4. The first-order valence-corrected chi connectivity index (χ1v) is 5.78. The molecule has 1 aliphatic carbocycles. The van der Waals surface area contributed by atoms with E-state index in [1.807, 2.05) is 18.2 Å². The number of phenolic OH excluding ortho intramolecular Hbond substituents is 1. The van der Waals surface area contributed by atoms with Crippen molar-refractivity contribution in [3.8, 4) is 5.75 Å². The van der Waals surface area contributed by atoms with Gasteiger partial charge in [0.2, 0.25) is 0 Å². The van der Waals surface area contributed by atoms with Gasteiger partial charge >= 0.3 is 0 Å². The molecule has 2 rings (SSSR count). The van der Waals surface area contributed by atoms with Gasteiger partial charge in [-0.15, -0.1) is 0 Å². The van der Waals surface area contributed by atoms with Gasteiger partial charge in [-0.05, 0) is 25.3 Å². The number of rotatable bonds is 5. The summed E-state index contributed by atoms with van der Waals surface area (Å²) in [6.07, 6.45) is 3.53. The summed E-state index contributed by atoms with van der Waals surface area (Å²) in [5, 5.41) is 12.9. The molecule has 0 saturated heterocycles. The minimum absolute atomic E-state index is 0.0460. The van der Waals surface area contributed by atoms with E-state index in [-0.39, 0.29) is 5.60 Å². The van der Waals surface area contributed by atoms with Crippen molar-refractivity contribution in [2.24, 2.45) is 0 Å². The summed E-state index contributed by atoms with van der Waals surface area (Å²) >= 11 is 0. The van der Waals surface area contributed by atoms with Crippen LogP contribution in [0.2, 0.25) is 0 Å². The summed E-state index contributed by atoms with van der Waals surface area (Å²) in [4.78, 5) is 0. The molecular weight excluding hydrogens is 202 g/mol. The lowest BCUT2D eigenvalue weighted by Gasteiger charge is -2.40. The van der Waals surface area contributed by atoms with E-state index in [1.165, 1.54) is 6.42 Å². The van der Waals surface area contributed by atoms with Gasteiger partial charge < -0.3 is 15.2 Å². The Bertz CT molecular complexity index is 342. The van der Waals surface area contributed by atoms with Crippen LogP contribution in [0.15, 0.2) is 24.3 Å². The van der Waals surface area contributed by atoms with Crippen LogP contribution in [0.25, 0.3) is 0 Å². The first-order valence-electron chi connectivity index (χ1n) is 5.78. The van der Waals surface area contributed by atoms with Crippen LogP contribution in [-0.2, 0) is 11.3 Å². The van der Waals surface area contributed by atoms with Crippen molar-refractivity contribution >= 4 is 0 Å². The smallest absolute Gasteiger partial charge is 0.120 e. The molecule has 3 heteroatoms. The molecule has 1 fully saturated rings. The fourth-order valence-electron chi connectivity index (χ4n) is 2.11. The topological polar surface area (TPSA) is 41.5 Å². The normalized spacial score (nSPS) is 18.1. The Hall–Kier alpha value is -1.06. The molecule has 88 valence electrons. The van der Waals surface area contributed by atoms with Crippen LogP contribution in [0.5, 0.6) is 5.75 Å². The zero-order valence-corrected chi connectivity index (χ0v) is 9.70. The highest BCUT2D eigenvalue weighted by atomic mass is 16.5. The molecule has 1 aromatic rings. The number of nitrogens with one attached hydrogen (secondary N) is 1. The van der Waals surface area contributed by atoms with Gasteiger partial charge in [0.05, 0.1) is 5.60 Å². The first-order chi connectivity index (χ1) is 7.76. The molecule has 0 aliphatic heterocycles. The lowest BCUT2D eigenvalue weighted by atomic mass is 9.80. The second-order valence-electron chi connectivity index (χ2n) is 4.47. The molecule has 0 heterocycles. The Kier molecular flexibility index (Phi) is 3.46. The summed E-state index contributed by atoms with van der Waals surface area (Å²) in [6, 6.07) is 7.42. The van der Waals surface area contributed by atoms with E-state index in [2.05, 4.69) is 5.32 Å². The summed E-state index contributed by atoms with van der Waals surface area (Å²) < 4.78 is 5.52. The second kappa shape index (κ2) is 4.85. The van der Waals surface area contributed by atoms with Crippen molar-refractivity contribution in [3.05, 3.63) is 29.8 Å². The van der Waals surface area contributed by atoms with Crippen LogP contribution < -0.4 is 5.32 Å². The third kappa shape index (κ3) is 2.36. The molecule has 0 bridgehead atoms. The van der Waals surface area contributed by atoms with E-state index >= 15 is 0 Å². The Morgan fingerprint density at radius 1 is 1.38 bits per heavy atom. The van der Waals surface area contributed by atoms with Crippen LogP contribution in [0.3, 0.4) is 0 Å². The number of benzene rings is 1. The molecule has 1 saturated carbocycles. The molecule has 16 heavy (non-hydrogen) atoms. The lowest BCUT2D eigenvalue weighted by Crippen LogP contribution is -2.47. The SMILES string of the molecule is COC1(CNCc2ccccc2O)CCC1. The lowest BCUT2D eigenvalue weighted by molar-refractivity contribution is -0.0695. The summed E-state index contributed by atoms with van der Waals surface area (Å²) in [7, 11) is 1.78. The van der Waals surface area contributed by atoms with Crippen molar-refractivity contribution < 1.29 is 9.84 Å².